The zero-order valence-corrected chi connectivity index (χ0v) is 13.2. The van der Waals surface area contributed by atoms with Crippen molar-refractivity contribution in [2.45, 2.75) is 26.3 Å². The lowest BCUT2D eigenvalue weighted by Gasteiger charge is -2.16. The Morgan fingerprint density at radius 1 is 1.14 bits per heavy atom. The summed E-state index contributed by atoms with van der Waals surface area (Å²) in [5.74, 6) is 0.541. The van der Waals surface area contributed by atoms with E-state index in [-0.39, 0.29) is 11.9 Å². The van der Waals surface area contributed by atoms with E-state index in [9.17, 15) is 4.79 Å². The maximum Gasteiger partial charge on any atom is 0.246 e. The molecule has 0 saturated carbocycles. The van der Waals surface area contributed by atoms with E-state index >= 15 is 0 Å². The van der Waals surface area contributed by atoms with Crippen molar-refractivity contribution in [3.05, 3.63) is 54.1 Å². The van der Waals surface area contributed by atoms with Gasteiger partial charge in [-0.2, -0.15) is 0 Å². The molecule has 0 aromatic heterocycles. The normalized spacial score (nSPS) is 11.6. The van der Waals surface area contributed by atoms with Crippen molar-refractivity contribution in [3.63, 3.8) is 0 Å². The molecule has 4 nitrogen and oxygen atoms in total. The number of hydrogen-bond donors (Lipinski definition) is 2. The highest BCUT2D eigenvalue weighted by Crippen LogP contribution is 2.23. The number of amides is 1. The fourth-order valence-electron chi connectivity index (χ4n) is 2.14. The van der Waals surface area contributed by atoms with Crippen LogP contribution in [0.3, 0.4) is 0 Å². The Kier molecular flexibility index (Phi) is 5.42. The number of ether oxygens (including phenoxy) is 1. The van der Waals surface area contributed by atoms with Crippen LogP contribution in [-0.2, 0) is 11.2 Å². The predicted octanol–water partition coefficient (Wildman–Crippen LogP) is 3.70. The van der Waals surface area contributed by atoms with Gasteiger partial charge < -0.3 is 15.4 Å². The monoisotopic (exact) mass is 298 g/mol. The van der Waals surface area contributed by atoms with Crippen LogP contribution in [0.4, 0.5) is 11.4 Å². The summed E-state index contributed by atoms with van der Waals surface area (Å²) in [7, 11) is 1.59. The molecule has 116 valence electrons. The van der Waals surface area contributed by atoms with Crippen LogP contribution in [0.25, 0.3) is 0 Å². The van der Waals surface area contributed by atoms with Crippen LogP contribution >= 0.6 is 0 Å². The van der Waals surface area contributed by atoms with E-state index in [1.54, 1.807) is 7.11 Å². The second-order valence-electron chi connectivity index (χ2n) is 5.11. The summed E-state index contributed by atoms with van der Waals surface area (Å²) in [6.45, 7) is 3.95. The molecule has 2 aromatic carbocycles. The fraction of sp³-hybridized carbons (Fsp3) is 0.278. The van der Waals surface area contributed by atoms with E-state index < -0.39 is 0 Å². The van der Waals surface area contributed by atoms with E-state index in [2.05, 4.69) is 29.7 Å². The standard InChI is InChI=1S/C18H22N2O2/c1-4-14-9-11-15(12-10-14)19-13(2)18(21)20-16-7-5-6-8-17(16)22-3/h5-13,19H,4H2,1-3H3,(H,20,21). The predicted molar refractivity (Wildman–Crippen MR) is 90.5 cm³/mol. The Bertz CT molecular complexity index is 623. The molecule has 0 radical (unpaired) electrons. The molecule has 0 aliphatic heterocycles. The van der Waals surface area contributed by atoms with Gasteiger partial charge >= 0.3 is 0 Å². The van der Waals surface area contributed by atoms with Gasteiger partial charge in [0.05, 0.1) is 12.8 Å². The summed E-state index contributed by atoms with van der Waals surface area (Å²) in [4.78, 5) is 12.3. The molecule has 0 aliphatic rings. The van der Waals surface area contributed by atoms with Gasteiger partial charge in [-0.05, 0) is 43.2 Å². The summed E-state index contributed by atoms with van der Waals surface area (Å²) < 4.78 is 5.23. The van der Waals surface area contributed by atoms with Crippen molar-refractivity contribution in [1.29, 1.82) is 0 Å². The van der Waals surface area contributed by atoms with Gasteiger partial charge in [0, 0.05) is 5.69 Å². The second-order valence-corrected chi connectivity index (χ2v) is 5.11. The van der Waals surface area contributed by atoms with Crippen molar-refractivity contribution in [2.75, 3.05) is 17.7 Å². The minimum Gasteiger partial charge on any atom is -0.495 e. The van der Waals surface area contributed by atoms with Crippen LogP contribution in [0.2, 0.25) is 0 Å². The Labute approximate surface area is 131 Å². The smallest absolute Gasteiger partial charge is 0.246 e. The van der Waals surface area contributed by atoms with Gasteiger partial charge in [-0.15, -0.1) is 0 Å². The number of benzene rings is 2. The summed E-state index contributed by atoms with van der Waals surface area (Å²) in [6.07, 6.45) is 1.00. The Morgan fingerprint density at radius 2 is 1.82 bits per heavy atom. The summed E-state index contributed by atoms with van der Waals surface area (Å²) in [6, 6.07) is 15.1. The van der Waals surface area contributed by atoms with E-state index in [0.717, 1.165) is 12.1 Å². The van der Waals surface area contributed by atoms with Crippen LogP contribution in [0, 0.1) is 0 Å². The molecule has 0 fully saturated rings. The number of rotatable bonds is 6. The first-order valence-electron chi connectivity index (χ1n) is 7.43. The van der Waals surface area contributed by atoms with Crippen LogP contribution < -0.4 is 15.4 Å². The maximum absolute atomic E-state index is 12.3. The van der Waals surface area contributed by atoms with Crippen molar-refractivity contribution >= 4 is 17.3 Å². The average Bonchev–Trinajstić information content (AvgIpc) is 2.56. The number of methoxy groups -OCH3 is 1. The first-order chi connectivity index (χ1) is 10.6. The van der Waals surface area contributed by atoms with E-state index in [0.29, 0.717) is 11.4 Å². The first kappa shape index (κ1) is 15.9. The van der Waals surface area contributed by atoms with Crippen molar-refractivity contribution < 1.29 is 9.53 Å². The molecule has 0 aliphatic carbocycles. The van der Waals surface area contributed by atoms with Crippen molar-refractivity contribution in [2.24, 2.45) is 0 Å². The zero-order valence-electron chi connectivity index (χ0n) is 13.2. The lowest BCUT2D eigenvalue weighted by Crippen LogP contribution is -2.31. The molecular formula is C18H22N2O2. The minimum absolute atomic E-state index is 0.107. The molecule has 1 atom stereocenters. The Morgan fingerprint density at radius 3 is 2.45 bits per heavy atom. The Hall–Kier alpha value is -2.49. The number of carbonyl (C=O) groups excluding carboxylic acids is 1. The topological polar surface area (TPSA) is 50.4 Å². The third-order valence-corrected chi connectivity index (χ3v) is 3.50. The maximum atomic E-state index is 12.3. The minimum atomic E-state index is -0.350. The van der Waals surface area contributed by atoms with Gasteiger partial charge in [0.25, 0.3) is 0 Å². The van der Waals surface area contributed by atoms with Crippen LogP contribution in [-0.4, -0.2) is 19.1 Å². The highest BCUT2D eigenvalue weighted by molar-refractivity contribution is 5.97. The molecular weight excluding hydrogens is 276 g/mol. The van der Waals surface area contributed by atoms with Crippen molar-refractivity contribution in [3.8, 4) is 5.75 Å². The highest BCUT2D eigenvalue weighted by atomic mass is 16.5. The number of carbonyl (C=O) groups is 1. The van der Waals surface area contributed by atoms with Gasteiger partial charge in [0.1, 0.15) is 11.8 Å². The quantitative estimate of drug-likeness (QED) is 0.855. The molecule has 2 aromatic rings. The molecule has 0 saturated heterocycles. The number of hydrogen-bond acceptors (Lipinski definition) is 3. The highest BCUT2D eigenvalue weighted by Gasteiger charge is 2.14. The molecule has 1 amide bonds. The van der Waals surface area contributed by atoms with Gasteiger partial charge in [-0.1, -0.05) is 31.2 Å². The summed E-state index contributed by atoms with van der Waals surface area (Å²) in [5.41, 5.74) is 2.88. The van der Waals surface area contributed by atoms with Crippen LogP contribution in [0.1, 0.15) is 19.4 Å². The third kappa shape index (κ3) is 4.01. The largest absolute Gasteiger partial charge is 0.495 e. The number of anilines is 2. The van der Waals surface area contributed by atoms with Crippen LogP contribution in [0.15, 0.2) is 48.5 Å². The van der Waals surface area contributed by atoms with Gasteiger partial charge in [0.2, 0.25) is 5.91 Å². The SMILES string of the molecule is CCc1ccc(NC(C)C(=O)Nc2ccccc2OC)cc1. The first-order valence-corrected chi connectivity index (χ1v) is 7.43. The molecule has 2 rings (SSSR count). The van der Waals surface area contributed by atoms with E-state index in [1.807, 2.05) is 43.3 Å². The lowest BCUT2D eigenvalue weighted by atomic mass is 10.1. The molecule has 2 N–H and O–H groups in total. The summed E-state index contributed by atoms with van der Waals surface area (Å²) in [5, 5.41) is 6.08. The number of nitrogens with one attached hydrogen (secondary N) is 2. The lowest BCUT2D eigenvalue weighted by molar-refractivity contribution is -0.116. The van der Waals surface area contributed by atoms with Crippen LogP contribution in [0.5, 0.6) is 5.75 Å². The molecule has 0 spiro atoms. The Balaban J connectivity index is 1.99. The molecule has 0 heterocycles. The number of aryl methyl sites for hydroxylation is 1. The molecule has 1 unspecified atom stereocenters. The second kappa shape index (κ2) is 7.50. The fourth-order valence-corrected chi connectivity index (χ4v) is 2.14. The van der Waals surface area contributed by atoms with E-state index in [4.69, 9.17) is 4.74 Å². The van der Waals surface area contributed by atoms with Gasteiger partial charge in [0.15, 0.2) is 0 Å². The third-order valence-electron chi connectivity index (χ3n) is 3.50. The molecule has 0 bridgehead atoms. The van der Waals surface area contributed by atoms with Gasteiger partial charge in [-0.25, -0.2) is 0 Å². The molecule has 22 heavy (non-hydrogen) atoms. The molecule has 4 heteroatoms. The van der Waals surface area contributed by atoms with E-state index in [1.165, 1.54) is 5.56 Å². The summed E-state index contributed by atoms with van der Waals surface area (Å²) >= 11 is 0. The number of para-hydroxylation sites is 2. The van der Waals surface area contributed by atoms with Crippen molar-refractivity contribution in [1.82, 2.24) is 0 Å². The van der Waals surface area contributed by atoms with Gasteiger partial charge in [-0.3, -0.25) is 4.79 Å². The zero-order chi connectivity index (χ0) is 15.9. The average molecular weight is 298 g/mol.